The fraction of sp³-hybridized carbons (Fsp3) is 0.889. The molecule has 0 saturated carbocycles. The standard InChI is InChI=1S/C9H15NO2/c1-8-2-3-9(6-10,12-8)5-7(11)4-8/h2-6,10H2,1H3/t8-,9-/m1/s1. The minimum absolute atomic E-state index is 0.200. The molecule has 3 nitrogen and oxygen atoms in total. The van der Waals surface area contributed by atoms with Crippen molar-refractivity contribution in [1.29, 1.82) is 0 Å². The molecule has 0 aromatic carbocycles. The number of ketones is 1. The molecule has 2 heterocycles. The molecular weight excluding hydrogens is 154 g/mol. The number of fused-ring (bicyclic) bond motifs is 2. The Balaban J connectivity index is 2.26. The molecule has 0 aliphatic carbocycles. The van der Waals surface area contributed by atoms with E-state index >= 15 is 0 Å². The van der Waals surface area contributed by atoms with Gasteiger partial charge in [0.05, 0.1) is 11.2 Å². The van der Waals surface area contributed by atoms with Gasteiger partial charge in [0.15, 0.2) is 0 Å². The van der Waals surface area contributed by atoms with E-state index < -0.39 is 0 Å². The fourth-order valence-corrected chi connectivity index (χ4v) is 2.42. The van der Waals surface area contributed by atoms with Gasteiger partial charge in [-0.3, -0.25) is 4.79 Å². The molecule has 2 atom stereocenters. The molecule has 0 amide bonds. The molecule has 0 aromatic heterocycles. The van der Waals surface area contributed by atoms with Gasteiger partial charge in [0.2, 0.25) is 0 Å². The summed E-state index contributed by atoms with van der Waals surface area (Å²) in [6.07, 6.45) is 3.04. The zero-order valence-corrected chi connectivity index (χ0v) is 7.43. The Kier molecular flexibility index (Phi) is 1.57. The molecule has 68 valence electrons. The van der Waals surface area contributed by atoms with E-state index in [1.165, 1.54) is 0 Å². The maximum absolute atomic E-state index is 11.4. The number of carbonyl (C=O) groups excluding carboxylic acids is 1. The van der Waals surface area contributed by atoms with Gasteiger partial charge in [-0.05, 0) is 19.8 Å². The summed E-state index contributed by atoms with van der Waals surface area (Å²) < 4.78 is 5.85. The third kappa shape index (κ3) is 1.08. The summed E-state index contributed by atoms with van der Waals surface area (Å²) in [5.74, 6) is 0.312. The van der Waals surface area contributed by atoms with Gasteiger partial charge in [0, 0.05) is 19.4 Å². The van der Waals surface area contributed by atoms with Crippen LogP contribution in [0.15, 0.2) is 0 Å². The van der Waals surface area contributed by atoms with Gasteiger partial charge in [0.25, 0.3) is 0 Å². The summed E-state index contributed by atoms with van der Waals surface area (Å²) >= 11 is 0. The molecular formula is C9H15NO2. The van der Waals surface area contributed by atoms with E-state index in [0.717, 1.165) is 12.8 Å². The van der Waals surface area contributed by atoms with Crippen LogP contribution < -0.4 is 5.73 Å². The average molecular weight is 169 g/mol. The number of Topliss-reactive ketones (excluding diaryl/α,β-unsaturated/α-hetero) is 1. The lowest BCUT2D eigenvalue weighted by Gasteiger charge is -2.36. The molecule has 2 bridgehead atoms. The van der Waals surface area contributed by atoms with E-state index in [9.17, 15) is 4.79 Å². The monoisotopic (exact) mass is 169 g/mol. The zero-order valence-electron chi connectivity index (χ0n) is 7.43. The van der Waals surface area contributed by atoms with Gasteiger partial charge < -0.3 is 10.5 Å². The van der Waals surface area contributed by atoms with Gasteiger partial charge >= 0.3 is 0 Å². The van der Waals surface area contributed by atoms with Crippen molar-refractivity contribution >= 4 is 5.78 Å². The Morgan fingerprint density at radius 2 is 2.25 bits per heavy atom. The van der Waals surface area contributed by atoms with E-state index in [1.54, 1.807) is 0 Å². The second-order valence-corrected chi connectivity index (χ2v) is 4.33. The maximum atomic E-state index is 11.4. The van der Waals surface area contributed by atoms with Gasteiger partial charge in [-0.25, -0.2) is 0 Å². The highest BCUT2D eigenvalue weighted by atomic mass is 16.5. The molecule has 0 unspecified atom stereocenters. The fourth-order valence-electron chi connectivity index (χ4n) is 2.42. The first-order valence-corrected chi connectivity index (χ1v) is 4.50. The smallest absolute Gasteiger partial charge is 0.138 e. The Labute approximate surface area is 72.3 Å². The van der Waals surface area contributed by atoms with Crippen molar-refractivity contribution in [2.45, 2.75) is 43.8 Å². The highest BCUT2D eigenvalue weighted by Gasteiger charge is 2.51. The Morgan fingerprint density at radius 3 is 2.92 bits per heavy atom. The first kappa shape index (κ1) is 8.20. The molecule has 0 radical (unpaired) electrons. The van der Waals surface area contributed by atoms with Crippen molar-refractivity contribution in [3.8, 4) is 0 Å². The van der Waals surface area contributed by atoms with Crippen LogP contribution in [0.3, 0.4) is 0 Å². The molecule has 0 aromatic rings. The number of carbonyl (C=O) groups is 1. The van der Waals surface area contributed by atoms with Crippen LogP contribution in [0.4, 0.5) is 0 Å². The molecule has 12 heavy (non-hydrogen) atoms. The number of hydrogen-bond acceptors (Lipinski definition) is 3. The van der Waals surface area contributed by atoms with Gasteiger partial charge in [-0.15, -0.1) is 0 Å². The normalized spacial score (nSPS) is 46.7. The van der Waals surface area contributed by atoms with Gasteiger partial charge in [-0.1, -0.05) is 0 Å². The summed E-state index contributed by atoms with van der Waals surface area (Å²) in [4.78, 5) is 11.4. The third-order valence-corrected chi connectivity index (χ3v) is 3.03. The number of nitrogens with two attached hydrogens (primary N) is 1. The van der Waals surface area contributed by atoms with Crippen molar-refractivity contribution in [2.75, 3.05) is 6.54 Å². The second kappa shape index (κ2) is 2.30. The van der Waals surface area contributed by atoms with Gasteiger partial charge in [-0.2, -0.15) is 0 Å². The summed E-state index contributed by atoms with van der Waals surface area (Å²) in [5, 5.41) is 0. The Bertz CT molecular complexity index is 229. The largest absolute Gasteiger partial charge is 0.367 e. The first-order chi connectivity index (χ1) is 5.58. The van der Waals surface area contributed by atoms with Crippen molar-refractivity contribution in [3.05, 3.63) is 0 Å². The molecule has 0 spiro atoms. The lowest BCUT2D eigenvalue weighted by molar-refractivity contribution is -0.154. The van der Waals surface area contributed by atoms with E-state index in [2.05, 4.69) is 0 Å². The lowest BCUT2D eigenvalue weighted by atomic mass is 9.93. The van der Waals surface area contributed by atoms with Crippen LogP contribution in [-0.2, 0) is 9.53 Å². The molecule has 2 aliphatic heterocycles. The second-order valence-electron chi connectivity index (χ2n) is 4.33. The lowest BCUT2D eigenvalue weighted by Crippen LogP contribution is -2.47. The summed E-state index contributed by atoms with van der Waals surface area (Å²) in [7, 11) is 0. The minimum Gasteiger partial charge on any atom is -0.367 e. The zero-order chi connectivity index (χ0) is 8.82. The third-order valence-electron chi connectivity index (χ3n) is 3.03. The highest BCUT2D eigenvalue weighted by Crippen LogP contribution is 2.45. The van der Waals surface area contributed by atoms with E-state index in [1.807, 2.05) is 6.92 Å². The maximum Gasteiger partial charge on any atom is 0.138 e. The van der Waals surface area contributed by atoms with Gasteiger partial charge in [0.1, 0.15) is 5.78 Å². The van der Waals surface area contributed by atoms with Crippen LogP contribution in [-0.4, -0.2) is 23.5 Å². The number of rotatable bonds is 1. The van der Waals surface area contributed by atoms with Crippen molar-refractivity contribution < 1.29 is 9.53 Å². The topological polar surface area (TPSA) is 52.3 Å². The van der Waals surface area contributed by atoms with Crippen molar-refractivity contribution in [3.63, 3.8) is 0 Å². The van der Waals surface area contributed by atoms with Crippen molar-refractivity contribution in [2.24, 2.45) is 5.73 Å². The van der Waals surface area contributed by atoms with Crippen LogP contribution in [0, 0.1) is 0 Å². The van der Waals surface area contributed by atoms with Crippen molar-refractivity contribution in [1.82, 2.24) is 0 Å². The first-order valence-electron chi connectivity index (χ1n) is 4.50. The van der Waals surface area contributed by atoms with Crippen LogP contribution in [0.2, 0.25) is 0 Å². The van der Waals surface area contributed by atoms with E-state index in [0.29, 0.717) is 25.2 Å². The molecule has 2 saturated heterocycles. The molecule has 2 aliphatic rings. The molecule has 2 rings (SSSR count). The summed E-state index contributed by atoms with van der Waals surface area (Å²) in [5.41, 5.74) is 5.12. The van der Waals surface area contributed by atoms with Crippen LogP contribution in [0.1, 0.15) is 32.6 Å². The van der Waals surface area contributed by atoms with E-state index in [-0.39, 0.29) is 11.2 Å². The molecule has 2 N–H and O–H groups in total. The van der Waals surface area contributed by atoms with E-state index in [4.69, 9.17) is 10.5 Å². The Hall–Kier alpha value is -0.410. The Morgan fingerprint density at radius 1 is 1.50 bits per heavy atom. The SMILES string of the molecule is C[C@@]12CC[C@](CN)(CC(=O)C1)O2. The minimum atomic E-state index is -0.302. The van der Waals surface area contributed by atoms with Crippen LogP contribution in [0.5, 0.6) is 0 Å². The highest BCUT2D eigenvalue weighted by molar-refractivity contribution is 5.81. The summed E-state index contributed by atoms with van der Waals surface area (Å²) in [6.45, 7) is 2.50. The molecule has 2 fully saturated rings. The number of hydrogen-bond donors (Lipinski definition) is 1. The predicted octanol–water partition coefficient (Wildman–Crippen LogP) is 0.616. The predicted molar refractivity (Wildman–Crippen MR) is 44.8 cm³/mol. The average Bonchev–Trinajstić information content (AvgIpc) is 2.23. The number of ether oxygens (including phenoxy) is 1. The van der Waals surface area contributed by atoms with Crippen LogP contribution >= 0.6 is 0 Å². The quantitative estimate of drug-likeness (QED) is 0.626. The van der Waals surface area contributed by atoms with Crippen LogP contribution in [0.25, 0.3) is 0 Å². The molecule has 3 heteroatoms. The summed E-state index contributed by atoms with van der Waals surface area (Å²) in [6, 6.07) is 0.